The van der Waals surface area contributed by atoms with Crippen LogP contribution in [0.5, 0.6) is 0 Å². The minimum atomic E-state index is -0.465. The van der Waals surface area contributed by atoms with Crippen molar-refractivity contribution in [3.8, 4) is 0 Å². The van der Waals surface area contributed by atoms with Crippen LogP contribution in [0.3, 0.4) is 0 Å². The van der Waals surface area contributed by atoms with E-state index in [1.54, 1.807) is 0 Å². The van der Waals surface area contributed by atoms with E-state index in [9.17, 15) is 19.2 Å². The first-order valence-corrected chi connectivity index (χ1v) is 13.9. The van der Waals surface area contributed by atoms with E-state index >= 15 is 0 Å². The fourth-order valence-electron chi connectivity index (χ4n) is 9.14. The molecule has 7 heteroatoms. The van der Waals surface area contributed by atoms with Crippen molar-refractivity contribution in [3.05, 3.63) is 0 Å². The summed E-state index contributed by atoms with van der Waals surface area (Å²) in [5, 5.41) is 0. The highest BCUT2D eigenvalue weighted by atomic mass is 16.5. The van der Waals surface area contributed by atoms with Crippen molar-refractivity contribution in [3.63, 3.8) is 0 Å². The Kier molecular flexibility index (Phi) is 7.60. The van der Waals surface area contributed by atoms with Gasteiger partial charge in [-0.3, -0.25) is 19.2 Å². The van der Waals surface area contributed by atoms with Crippen LogP contribution in [0.15, 0.2) is 0 Å². The maximum atomic E-state index is 14.0. The fourth-order valence-corrected chi connectivity index (χ4v) is 9.14. The average Bonchev–Trinajstić information content (AvgIpc) is 3.16. The van der Waals surface area contributed by atoms with Crippen LogP contribution in [0, 0.1) is 46.3 Å². The minimum Gasteiger partial charge on any atom is -0.469 e. The molecule has 0 N–H and O–H groups in total. The molecule has 0 saturated heterocycles. The lowest BCUT2D eigenvalue weighted by atomic mass is 9.43. The van der Waals surface area contributed by atoms with Gasteiger partial charge >= 0.3 is 17.9 Å². The molecule has 0 aromatic heterocycles. The third kappa shape index (κ3) is 4.60. The predicted molar refractivity (Wildman–Crippen MR) is 133 cm³/mol. The van der Waals surface area contributed by atoms with Crippen LogP contribution in [0.25, 0.3) is 0 Å². The molecule has 0 aromatic carbocycles. The topological polar surface area (TPSA) is 96.0 Å². The number of carbonyl (C=O) groups excluding carboxylic acids is 4. The largest absolute Gasteiger partial charge is 0.469 e. The van der Waals surface area contributed by atoms with Gasteiger partial charge in [0.2, 0.25) is 0 Å². The number of esters is 3. The van der Waals surface area contributed by atoms with Gasteiger partial charge in [-0.2, -0.15) is 0 Å². The zero-order chi connectivity index (χ0) is 26.4. The smallest absolute Gasteiger partial charge is 0.305 e. The lowest BCUT2D eigenvalue weighted by Crippen LogP contribution is -2.62. The summed E-state index contributed by atoms with van der Waals surface area (Å²) in [6, 6.07) is 0. The lowest BCUT2D eigenvalue weighted by Gasteiger charge is -2.62. The van der Waals surface area contributed by atoms with Gasteiger partial charge in [0.25, 0.3) is 0 Å². The number of ketones is 1. The summed E-state index contributed by atoms with van der Waals surface area (Å²) in [5.41, 5.74) is -0.503. The van der Waals surface area contributed by atoms with Crippen molar-refractivity contribution < 1.29 is 33.4 Å². The number of hydrogen-bond acceptors (Lipinski definition) is 7. The maximum Gasteiger partial charge on any atom is 0.305 e. The van der Waals surface area contributed by atoms with Crippen LogP contribution >= 0.6 is 0 Å². The number of hydrogen-bond donors (Lipinski definition) is 0. The zero-order valence-corrected chi connectivity index (χ0v) is 22.8. The minimum absolute atomic E-state index is 0.0382. The Morgan fingerprint density at radius 2 is 1.69 bits per heavy atom. The second-order valence-electron chi connectivity index (χ2n) is 12.6. The van der Waals surface area contributed by atoms with Crippen LogP contribution in [0.4, 0.5) is 0 Å². The van der Waals surface area contributed by atoms with E-state index in [2.05, 4.69) is 20.8 Å². The van der Waals surface area contributed by atoms with Gasteiger partial charge in [0.15, 0.2) is 0 Å². The van der Waals surface area contributed by atoms with E-state index in [0.717, 1.165) is 38.5 Å². The fraction of sp³-hybridized carbons (Fsp3) is 0.862. The van der Waals surface area contributed by atoms with Crippen molar-refractivity contribution in [2.45, 2.75) is 105 Å². The second kappa shape index (κ2) is 10.1. The number of ether oxygens (including phenoxy) is 3. The molecule has 4 aliphatic rings. The van der Waals surface area contributed by atoms with Gasteiger partial charge in [0.1, 0.15) is 18.0 Å². The number of fused-ring (bicyclic) bond motifs is 5. The molecule has 4 rings (SSSR count). The van der Waals surface area contributed by atoms with Crippen LogP contribution in [0.2, 0.25) is 0 Å². The van der Waals surface area contributed by atoms with E-state index in [-0.39, 0.29) is 71.0 Å². The summed E-state index contributed by atoms with van der Waals surface area (Å²) in [5.74, 6) is 0.785. The Morgan fingerprint density at radius 1 is 1.00 bits per heavy atom. The number of methoxy groups -OCH3 is 1. The molecule has 10 atom stereocenters. The Morgan fingerprint density at radius 3 is 2.33 bits per heavy atom. The molecule has 4 saturated carbocycles. The number of Topliss-reactive ketones (excluding diaryl/α,β-unsaturated/α-hetero) is 1. The van der Waals surface area contributed by atoms with E-state index in [1.807, 2.05) is 0 Å². The summed E-state index contributed by atoms with van der Waals surface area (Å²) in [6.07, 6.45) is 6.44. The third-order valence-electron chi connectivity index (χ3n) is 10.9. The molecule has 0 amide bonds. The highest BCUT2D eigenvalue weighted by Crippen LogP contribution is 2.67. The monoisotopic (exact) mass is 504 g/mol. The van der Waals surface area contributed by atoms with Gasteiger partial charge in [-0.15, -0.1) is 0 Å². The highest BCUT2D eigenvalue weighted by molar-refractivity contribution is 5.87. The molecule has 0 aromatic rings. The molecular weight excluding hydrogens is 460 g/mol. The van der Waals surface area contributed by atoms with Crippen molar-refractivity contribution in [2.75, 3.05) is 7.11 Å². The first-order chi connectivity index (χ1) is 16.9. The Labute approximate surface area is 215 Å². The van der Waals surface area contributed by atoms with Gasteiger partial charge in [0, 0.05) is 38.0 Å². The van der Waals surface area contributed by atoms with Crippen molar-refractivity contribution >= 4 is 23.7 Å². The van der Waals surface area contributed by atoms with Gasteiger partial charge in [-0.05, 0) is 80.0 Å². The zero-order valence-electron chi connectivity index (χ0n) is 22.8. The molecule has 36 heavy (non-hydrogen) atoms. The normalized spacial score (nSPS) is 42.4. The molecule has 0 radical (unpaired) electrons. The third-order valence-corrected chi connectivity index (χ3v) is 10.9. The Balaban J connectivity index is 1.62. The first kappa shape index (κ1) is 27.1. The predicted octanol–water partition coefficient (Wildman–Crippen LogP) is 4.89. The van der Waals surface area contributed by atoms with E-state index < -0.39 is 5.41 Å². The summed E-state index contributed by atoms with van der Waals surface area (Å²) in [4.78, 5) is 49.7. The molecule has 4 fully saturated rings. The standard InChI is InChI=1S/C29H44O7/c1-16(7-10-26(33)34-6)21-8-9-22-27-23(15-25(32)29(21,22)5)28(4)12-11-20(35-17(2)30)13-19(28)14-24(27)36-18(3)31/h16,19-24,27H,7-15H2,1-6H3/t16-,19+,20-,21-,22+,23+,24+,27+,28-,29+/m0/s1. The molecule has 202 valence electrons. The summed E-state index contributed by atoms with van der Waals surface area (Å²) < 4.78 is 16.5. The molecule has 0 heterocycles. The van der Waals surface area contributed by atoms with Crippen LogP contribution in [-0.2, 0) is 33.4 Å². The summed E-state index contributed by atoms with van der Waals surface area (Å²) >= 11 is 0. The lowest BCUT2D eigenvalue weighted by molar-refractivity contribution is -0.196. The number of carbonyl (C=O) groups is 4. The van der Waals surface area contributed by atoms with Gasteiger partial charge in [0.05, 0.1) is 7.11 Å². The molecule has 4 aliphatic carbocycles. The van der Waals surface area contributed by atoms with E-state index in [0.29, 0.717) is 25.0 Å². The SMILES string of the molecule is COC(=O)CC[C@H](C)[C@@H]1CC[C@@H]2[C@@H]3[C@@H](CC(=O)[C@@]21C)[C@@]1(C)CC[C@H](OC(C)=O)C[C@@H]1C[C@H]3OC(C)=O. The molecule has 0 bridgehead atoms. The van der Waals surface area contributed by atoms with Crippen LogP contribution in [-0.4, -0.2) is 43.0 Å². The van der Waals surface area contributed by atoms with Gasteiger partial charge in [-0.25, -0.2) is 0 Å². The second-order valence-corrected chi connectivity index (χ2v) is 12.6. The van der Waals surface area contributed by atoms with Gasteiger partial charge < -0.3 is 14.2 Å². The molecule has 0 unspecified atom stereocenters. The van der Waals surface area contributed by atoms with Crippen LogP contribution < -0.4 is 0 Å². The Hall–Kier alpha value is -1.92. The molecule has 0 aliphatic heterocycles. The molecular formula is C29H44O7. The van der Waals surface area contributed by atoms with Crippen molar-refractivity contribution in [1.82, 2.24) is 0 Å². The van der Waals surface area contributed by atoms with E-state index in [4.69, 9.17) is 14.2 Å². The maximum absolute atomic E-state index is 14.0. The van der Waals surface area contributed by atoms with Crippen LogP contribution in [0.1, 0.15) is 92.4 Å². The highest BCUT2D eigenvalue weighted by Gasteiger charge is 2.66. The summed E-state index contributed by atoms with van der Waals surface area (Å²) in [7, 11) is 1.41. The van der Waals surface area contributed by atoms with Crippen molar-refractivity contribution in [2.24, 2.45) is 46.3 Å². The number of rotatable bonds is 6. The van der Waals surface area contributed by atoms with E-state index in [1.165, 1.54) is 21.0 Å². The summed E-state index contributed by atoms with van der Waals surface area (Å²) in [6.45, 7) is 9.57. The van der Waals surface area contributed by atoms with Crippen molar-refractivity contribution in [1.29, 1.82) is 0 Å². The quantitative estimate of drug-likeness (QED) is 0.375. The first-order valence-electron chi connectivity index (χ1n) is 13.9. The Bertz CT molecular complexity index is 898. The molecule has 7 nitrogen and oxygen atoms in total. The average molecular weight is 505 g/mol. The molecule has 0 spiro atoms. The van der Waals surface area contributed by atoms with Gasteiger partial charge in [-0.1, -0.05) is 20.8 Å².